The van der Waals surface area contributed by atoms with E-state index in [4.69, 9.17) is 10.5 Å². The Bertz CT molecular complexity index is 382. The molecule has 108 valence electrons. The summed E-state index contributed by atoms with van der Waals surface area (Å²) in [7, 11) is 1.74. The van der Waals surface area contributed by atoms with E-state index in [1.54, 1.807) is 7.11 Å². The molecular formula is C15H26N2OS. The standard InChI is InChI=1S/C15H26N2OS/c1-5-19-15-8-6-7-14(13(15)11-16)17(12(2)3)9-10-18-4/h6-8,12H,5,9-11,16H2,1-4H3. The minimum atomic E-state index is 0.433. The van der Waals surface area contributed by atoms with Gasteiger partial charge in [0.15, 0.2) is 0 Å². The first kappa shape index (κ1) is 16.3. The molecule has 2 N–H and O–H groups in total. The Morgan fingerprint density at radius 2 is 2.11 bits per heavy atom. The van der Waals surface area contributed by atoms with Crippen LogP contribution in [-0.2, 0) is 11.3 Å². The lowest BCUT2D eigenvalue weighted by Crippen LogP contribution is -2.34. The second-order valence-corrected chi connectivity index (χ2v) is 5.98. The summed E-state index contributed by atoms with van der Waals surface area (Å²) in [5.74, 6) is 1.07. The molecule has 0 bridgehead atoms. The van der Waals surface area contributed by atoms with E-state index in [0.29, 0.717) is 12.6 Å². The number of nitrogens with two attached hydrogens (primary N) is 1. The predicted molar refractivity (Wildman–Crippen MR) is 85.1 cm³/mol. The van der Waals surface area contributed by atoms with Crippen molar-refractivity contribution in [3.63, 3.8) is 0 Å². The number of hydrogen-bond acceptors (Lipinski definition) is 4. The van der Waals surface area contributed by atoms with Crippen LogP contribution in [0.4, 0.5) is 5.69 Å². The first-order valence-corrected chi connectivity index (χ1v) is 7.84. The zero-order valence-corrected chi connectivity index (χ0v) is 13.3. The summed E-state index contributed by atoms with van der Waals surface area (Å²) in [6.07, 6.45) is 0. The van der Waals surface area contributed by atoms with Crippen LogP contribution in [-0.4, -0.2) is 32.1 Å². The zero-order valence-electron chi connectivity index (χ0n) is 12.5. The lowest BCUT2D eigenvalue weighted by Gasteiger charge is -2.31. The molecule has 0 aliphatic carbocycles. The smallest absolute Gasteiger partial charge is 0.0637 e. The minimum absolute atomic E-state index is 0.433. The van der Waals surface area contributed by atoms with Crippen LogP contribution in [0.3, 0.4) is 0 Å². The van der Waals surface area contributed by atoms with Crippen LogP contribution in [0.1, 0.15) is 26.3 Å². The number of hydrogen-bond donors (Lipinski definition) is 1. The van der Waals surface area contributed by atoms with E-state index < -0.39 is 0 Å². The number of benzene rings is 1. The summed E-state index contributed by atoms with van der Waals surface area (Å²) in [6.45, 7) is 8.78. The normalized spacial score (nSPS) is 11.1. The van der Waals surface area contributed by atoms with Crippen molar-refractivity contribution in [3.05, 3.63) is 23.8 Å². The Balaban J connectivity index is 3.10. The van der Waals surface area contributed by atoms with Gasteiger partial charge in [-0.25, -0.2) is 0 Å². The first-order valence-electron chi connectivity index (χ1n) is 6.86. The Morgan fingerprint density at radius 1 is 1.37 bits per heavy atom. The lowest BCUT2D eigenvalue weighted by molar-refractivity contribution is 0.203. The third kappa shape index (κ3) is 4.41. The molecule has 1 aromatic carbocycles. The molecule has 0 saturated heterocycles. The molecule has 4 heteroatoms. The Hall–Kier alpha value is -0.710. The van der Waals surface area contributed by atoms with Gasteiger partial charge < -0.3 is 15.4 Å². The van der Waals surface area contributed by atoms with Crippen molar-refractivity contribution in [1.82, 2.24) is 0 Å². The number of nitrogens with zero attached hydrogens (tertiary/aromatic N) is 1. The maximum Gasteiger partial charge on any atom is 0.0637 e. The van der Waals surface area contributed by atoms with Crippen molar-refractivity contribution in [2.75, 3.05) is 30.9 Å². The molecule has 0 atom stereocenters. The van der Waals surface area contributed by atoms with Crippen LogP contribution in [0, 0.1) is 0 Å². The molecule has 1 rings (SSSR count). The molecule has 0 unspecified atom stereocenters. The molecule has 0 amide bonds. The fourth-order valence-electron chi connectivity index (χ4n) is 2.17. The van der Waals surface area contributed by atoms with E-state index in [2.05, 4.69) is 43.9 Å². The highest BCUT2D eigenvalue weighted by Gasteiger charge is 2.16. The molecule has 1 aromatic rings. The van der Waals surface area contributed by atoms with E-state index in [0.717, 1.165) is 18.9 Å². The molecule has 0 radical (unpaired) electrons. The van der Waals surface area contributed by atoms with E-state index >= 15 is 0 Å². The summed E-state index contributed by atoms with van der Waals surface area (Å²) in [4.78, 5) is 3.66. The van der Waals surface area contributed by atoms with E-state index in [1.807, 2.05) is 11.8 Å². The summed E-state index contributed by atoms with van der Waals surface area (Å²) >= 11 is 1.86. The molecule has 0 heterocycles. The fourth-order valence-corrected chi connectivity index (χ4v) is 3.01. The maximum absolute atomic E-state index is 5.98. The molecule has 0 aromatic heterocycles. The van der Waals surface area contributed by atoms with Crippen molar-refractivity contribution < 1.29 is 4.74 Å². The molecule has 0 aliphatic rings. The maximum atomic E-state index is 5.98. The van der Waals surface area contributed by atoms with Crippen LogP contribution >= 0.6 is 11.8 Å². The van der Waals surface area contributed by atoms with E-state index in [9.17, 15) is 0 Å². The predicted octanol–water partition coefficient (Wildman–Crippen LogP) is 3.12. The Labute approximate surface area is 121 Å². The fraction of sp³-hybridized carbons (Fsp3) is 0.600. The molecule has 0 spiro atoms. The van der Waals surface area contributed by atoms with Crippen molar-refractivity contribution in [3.8, 4) is 0 Å². The van der Waals surface area contributed by atoms with Gasteiger partial charge >= 0.3 is 0 Å². The van der Waals surface area contributed by atoms with Gasteiger partial charge in [0.25, 0.3) is 0 Å². The Kier molecular flexibility index (Phi) is 7.28. The second kappa shape index (κ2) is 8.46. The van der Waals surface area contributed by atoms with Gasteiger partial charge in [0.2, 0.25) is 0 Å². The summed E-state index contributed by atoms with van der Waals surface area (Å²) in [6, 6.07) is 6.88. The van der Waals surface area contributed by atoms with Gasteiger partial charge in [-0.3, -0.25) is 0 Å². The van der Waals surface area contributed by atoms with Crippen molar-refractivity contribution in [2.45, 2.75) is 38.3 Å². The van der Waals surface area contributed by atoms with Gasteiger partial charge in [-0.15, -0.1) is 11.8 Å². The average molecular weight is 282 g/mol. The summed E-state index contributed by atoms with van der Waals surface area (Å²) < 4.78 is 5.22. The van der Waals surface area contributed by atoms with Crippen LogP contribution < -0.4 is 10.6 Å². The number of ether oxygens (including phenoxy) is 1. The van der Waals surface area contributed by atoms with Gasteiger partial charge in [0, 0.05) is 42.4 Å². The van der Waals surface area contributed by atoms with Crippen molar-refractivity contribution >= 4 is 17.4 Å². The number of thioether (sulfide) groups is 1. The molecule has 19 heavy (non-hydrogen) atoms. The quantitative estimate of drug-likeness (QED) is 0.744. The molecule has 3 nitrogen and oxygen atoms in total. The van der Waals surface area contributed by atoms with Gasteiger partial charge in [-0.2, -0.15) is 0 Å². The highest BCUT2D eigenvalue weighted by Crippen LogP contribution is 2.31. The van der Waals surface area contributed by atoms with Gasteiger partial charge in [-0.05, 0) is 31.7 Å². The van der Waals surface area contributed by atoms with E-state index in [1.165, 1.54) is 16.1 Å². The molecule has 0 fully saturated rings. The lowest BCUT2D eigenvalue weighted by atomic mass is 10.1. The topological polar surface area (TPSA) is 38.5 Å². The summed E-state index contributed by atoms with van der Waals surface area (Å²) in [5.41, 5.74) is 8.47. The SMILES string of the molecule is CCSc1cccc(N(CCOC)C(C)C)c1CN. The third-order valence-corrected chi connectivity index (χ3v) is 4.06. The monoisotopic (exact) mass is 282 g/mol. The molecule has 0 aliphatic heterocycles. The van der Waals surface area contributed by atoms with Gasteiger partial charge in [0.1, 0.15) is 0 Å². The third-order valence-electron chi connectivity index (χ3n) is 3.08. The van der Waals surface area contributed by atoms with Crippen LogP contribution in [0.5, 0.6) is 0 Å². The van der Waals surface area contributed by atoms with E-state index in [-0.39, 0.29) is 0 Å². The second-order valence-electron chi connectivity index (χ2n) is 4.67. The minimum Gasteiger partial charge on any atom is -0.383 e. The largest absolute Gasteiger partial charge is 0.383 e. The number of rotatable bonds is 8. The highest BCUT2D eigenvalue weighted by atomic mass is 32.2. The molecular weight excluding hydrogens is 256 g/mol. The van der Waals surface area contributed by atoms with Crippen molar-refractivity contribution in [1.29, 1.82) is 0 Å². The van der Waals surface area contributed by atoms with Crippen LogP contribution in [0.25, 0.3) is 0 Å². The Morgan fingerprint density at radius 3 is 2.63 bits per heavy atom. The zero-order chi connectivity index (χ0) is 14.3. The number of methoxy groups -OCH3 is 1. The van der Waals surface area contributed by atoms with Gasteiger partial charge in [-0.1, -0.05) is 13.0 Å². The van der Waals surface area contributed by atoms with Crippen LogP contribution in [0.15, 0.2) is 23.1 Å². The van der Waals surface area contributed by atoms with Crippen LogP contribution in [0.2, 0.25) is 0 Å². The van der Waals surface area contributed by atoms with Crippen molar-refractivity contribution in [2.24, 2.45) is 5.73 Å². The average Bonchev–Trinajstić information content (AvgIpc) is 2.39. The molecule has 0 saturated carbocycles. The number of anilines is 1. The first-order chi connectivity index (χ1) is 9.15. The van der Waals surface area contributed by atoms with Gasteiger partial charge in [0.05, 0.1) is 6.61 Å². The summed E-state index contributed by atoms with van der Waals surface area (Å²) in [5, 5.41) is 0. The highest BCUT2D eigenvalue weighted by molar-refractivity contribution is 7.99.